The van der Waals surface area contributed by atoms with Gasteiger partial charge in [-0.25, -0.2) is 5.01 Å². The first kappa shape index (κ1) is 20.0. The number of phenolic OH excluding ortho intramolecular Hbond substituents is 1. The molecule has 0 spiro atoms. The molecule has 28 heavy (non-hydrogen) atoms. The molecule has 3 rings (SSSR count). The van der Waals surface area contributed by atoms with Crippen LogP contribution in [0.15, 0.2) is 53.4 Å². The number of allylic oxidation sites excluding steroid dienone is 1. The molecule has 1 aliphatic heterocycles. The maximum absolute atomic E-state index is 13.0. The number of hydrogen-bond donors (Lipinski definition) is 2. The third kappa shape index (κ3) is 4.07. The molecule has 0 bridgehead atoms. The van der Waals surface area contributed by atoms with E-state index in [-0.39, 0.29) is 22.6 Å². The number of aryl methyl sites for hydroxylation is 2. The topological polar surface area (TPSA) is 69.6 Å². The SMILES string of the molecule is CCC/C=C1/SC(c2ccc(C)c(C)c2)N(NC(=O)c2ccccc2O)C1=O. The zero-order valence-electron chi connectivity index (χ0n) is 16.2. The van der Waals surface area contributed by atoms with Crippen LogP contribution in [0.1, 0.15) is 52.2 Å². The summed E-state index contributed by atoms with van der Waals surface area (Å²) in [6, 6.07) is 12.3. The first-order chi connectivity index (χ1) is 13.4. The number of unbranched alkanes of at least 4 members (excludes halogenated alkanes) is 1. The van der Waals surface area contributed by atoms with Gasteiger partial charge in [0.05, 0.1) is 10.5 Å². The molecule has 1 unspecified atom stereocenters. The van der Waals surface area contributed by atoms with Crippen molar-refractivity contribution in [1.82, 2.24) is 10.4 Å². The minimum atomic E-state index is -0.516. The Bertz CT molecular complexity index is 939. The molecule has 146 valence electrons. The number of nitrogens with zero attached hydrogens (tertiary/aromatic N) is 1. The monoisotopic (exact) mass is 396 g/mol. The van der Waals surface area contributed by atoms with E-state index in [1.54, 1.807) is 12.1 Å². The quantitative estimate of drug-likeness (QED) is 0.724. The summed E-state index contributed by atoms with van der Waals surface area (Å²) in [6.07, 6.45) is 3.66. The average Bonchev–Trinajstić information content (AvgIpc) is 2.98. The maximum Gasteiger partial charge on any atom is 0.279 e. The number of hydrogen-bond acceptors (Lipinski definition) is 4. The molecule has 1 aliphatic rings. The molecule has 0 radical (unpaired) electrons. The van der Waals surface area contributed by atoms with Crippen molar-refractivity contribution in [1.29, 1.82) is 0 Å². The zero-order valence-corrected chi connectivity index (χ0v) is 17.0. The normalized spacial score (nSPS) is 18.0. The first-order valence-electron chi connectivity index (χ1n) is 9.29. The molecule has 0 aliphatic carbocycles. The molecule has 0 saturated carbocycles. The van der Waals surface area contributed by atoms with Gasteiger partial charge in [-0.1, -0.05) is 61.5 Å². The van der Waals surface area contributed by atoms with Gasteiger partial charge >= 0.3 is 0 Å². The lowest BCUT2D eigenvalue weighted by Crippen LogP contribution is -2.44. The highest BCUT2D eigenvalue weighted by Crippen LogP contribution is 2.45. The second kappa shape index (κ2) is 8.52. The summed E-state index contributed by atoms with van der Waals surface area (Å²) in [4.78, 5) is 26.3. The lowest BCUT2D eigenvalue weighted by atomic mass is 10.1. The second-order valence-corrected chi connectivity index (χ2v) is 7.93. The Morgan fingerprint density at radius 3 is 2.64 bits per heavy atom. The van der Waals surface area contributed by atoms with Gasteiger partial charge in [0.15, 0.2) is 0 Å². The standard InChI is InChI=1S/C22H24N2O3S/c1-4-5-10-19-21(27)24(23-20(26)17-8-6-7-9-18(17)25)22(28-19)16-12-11-14(2)15(3)13-16/h6-13,22,25H,4-5H2,1-3H3,(H,23,26)/b19-10+. The van der Waals surface area contributed by atoms with Crippen LogP contribution in [0.5, 0.6) is 5.75 Å². The van der Waals surface area contributed by atoms with Crippen molar-refractivity contribution in [3.8, 4) is 5.75 Å². The molecule has 2 aromatic rings. The van der Waals surface area contributed by atoms with Crippen LogP contribution >= 0.6 is 11.8 Å². The fourth-order valence-corrected chi connectivity index (χ4v) is 4.13. The summed E-state index contributed by atoms with van der Waals surface area (Å²) in [5.41, 5.74) is 6.07. The number of benzene rings is 2. The van der Waals surface area contributed by atoms with E-state index in [1.807, 2.05) is 38.1 Å². The number of carbonyl (C=O) groups excluding carboxylic acids is 2. The van der Waals surface area contributed by atoms with E-state index in [2.05, 4.69) is 12.3 Å². The molecular formula is C22H24N2O3S. The smallest absolute Gasteiger partial charge is 0.279 e. The Balaban J connectivity index is 1.93. The summed E-state index contributed by atoms with van der Waals surface area (Å²) in [5.74, 6) is -0.869. The summed E-state index contributed by atoms with van der Waals surface area (Å²) >= 11 is 1.44. The van der Waals surface area contributed by atoms with Gasteiger partial charge in [0, 0.05) is 0 Å². The zero-order chi connectivity index (χ0) is 20.3. The minimum absolute atomic E-state index is 0.122. The van der Waals surface area contributed by atoms with E-state index in [9.17, 15) is 14.7 Å². The van der Waals surface area contributed by atoms with Crippen LogP contribution < -0.4 is 5.43 Å². The van der Waals surface area contributed by atoms with Crippen molar-refractivity contribution in [3.05, 3.63) is 75.7 Å². The summed E-state index contributed by atoms with van der Waals surface area (Å²) in [5, 5.41) is 11.0. The van der Waals surface area contributed by atoms with Crippen LogP contribution in [-0.2, 0) is 4.79 Å². The number of carbonyl (C=O) groups is 2. The molecule has 5 nitrogen and oxygen atoms in total. The highest BCUT2D eigenvalue weighted by Gasteiger charge is 2.38. The first-order valence-corrected chi connectivity index (χ1v) is 10.2. The van der Waals surface area contributed by atoms with Crippen LogP contribution in [0, 0.1) is 13.8 Å². The minimum Gasteiger partial charge on any atom is -0.507 e. The molecule has 6 heteroatoms. The predicted molar refractivity (Wildman–Crippen MR) is 112 cm³/mol. The van der Waals surface area contributed by atoms with Crippen molar-refractivity contribution < 1.29 is 14.7 Å². The Kier molecular flexibility index (Phi) is 6.09. The number of thioether (sulfide) groups is 1. The number of aromatic hydroxyl groups is 1. The Morgan fingerprint density at radius 2 is 1.96 bits per heavy atom. The third-order valence-corrected chi connectivity index (χ3v) is 6.01. The van der Waals surface area contributed by atoms with E-state index in [4.69, 9.17) is 0 Å². The molecule has 2 N–H and O–H groups in total. The average molecular weight is 397 g/mol. The van der Waals surface area contributed by atoms with E-state index in [1.165, 1.54) is 34.5 Å². The maximum atomic E-state index is 13.0. The molecule has 1 fully saturated rings. The molecule has 2 aromatic carbocycles. The fourth-order valence-electron chi connectivity index (χ4n) is 2.94. The lowest BCUT2D eigenvalue weighted by molar-refractivity contribution is -0.128. The molecule has 0 aromatic heterocycles. The van der Waals surface area contributed by atoms with Crippen LogP contribution in [0.4, 0.5) is 0 Å². The summed E-state index contributed by atoms with van der Waals surface area (Å²) in [6.45, 7) is 6.12. The van der Waals surface area contributed by atoms with Gasteiger partial charge in [0.1, 0.15) is 11.1 Å². The van der Waals surface area contributed by atoms with Crippen molar-refractivity contribution in [3.63, 3.8) is 0 Å². The molecule has 2 amide bonds. The van der Waals surface area contributed by atoms with Crippen LogP contribution in [0.3, 0.4) is 0 Å². The Labute approximate surface area is 169 Å². The van der Waals surface area contributed by atoms with E-state index < -0.39 is 5.91 Å². The lowest BCUT2D eigenvalue weighted by Gasteiger charge is -2.24. The number of rotatable bonds is 5. The number of amides is 2. The molecule has 1 heterocycles. The number of nitrogens with one attached hydrogen (secondary N) is 1. The fraction of sp³-hybridized carbons (Fsp3) is 0.273. The van der Waals surface area contributed by atoms with Gasteiger partial charge < -0.3 is 5.11 Å². The third-order valence-electron chi connectivity index (χ3n) is 4.71. The Morgan fingerprint density at radius 1 is 1.21 bits per heavy atom. The highest BCUT2D eigenvalue weighted by atomic mass is 32.2. The molecule has 1 saturated heterocycles. The van der Waals surface area contributed by atoms with Crippen molar-refractivity contribution in [2.45, 2.75) is 39.0 Å². The van der Waals surface area contributed by atoms with Crippen LogP contribution in [0.2, 0.25) is 0 Å². The number of para-hydroxylation sites is 1. The van der Waals surface area contributed by atoms with Crippen molar-refractivity contribution in [2.75, 3.05) is 0 Å². The highest BCUT2D eigenvalue weighted by molar-refractivity contribution is 8.04. The predicted octanol–water partition coefficient (Wildman–Crippen LogP) is 4.61. The largest absolute Gasteiger partial charge is 0.507 e. The summed E-state index contributed by atoms with van der Waals surface area (Å²) in [7, 11) is 0. The van der Waals surface area contributed by atoms with Gasteiger partial charge in [-0.15, -0.1) is 0 Å². The van der Waals surface area contributed by atoms with E-state index in [0.29, 0.717) is 4.91 Å². The van der Waals surface area contributed by atoms with Gasteiger partial charge in [-0.05, 0) is 49.1 Å². The number of phenols is 1. The molecule has 1 atom stereocenters. The van der Waals surface area contributed by atoms with Crippen LogP contribution in [0.25, 0.3) is 0 Å². The summed E-state index contributed by atoms with van der Waals surface area (Å²) < 4.78 is 0. The van der Waals surface area contributed by atoms with Crippen LogP contribution in [-0.4, -0.2) is 21.9 Å². The van der Waals surface area contributed by atoms with Crippen molar-refractivity contribution in [2.24, 2.45) is 0 Å². The van der Waals surface area contributed by atoms with Gasteiger partial charge in [0.2, 0.25) is 0 Å². The van der Waals surface area contributed by atoms with Gasteiger partial charge in [-0.3, -0.25) is 15.0 Å². The second-order valence-electron chi connectivity index (χ2n) is 6.80. The van der Waals surface area contributed by atoms with Gasteiger partial charge in [0.25, 0.3) is 11.8 Å². The van der Waals surface area contributed by atoms with Crippen molar-refractivity contribution >= 4 is 23.6 Å². The molecular weight excluding hydrogens is 372 g/mol. The van der Waals surface area contributed by atoms with E-state index in [0.717, 1.165) is 24.0 Å². The Hall–Kier alpha value is -2.73. The van der Waals surface area contributed by atoms with Gasteiger partial charge in [-0.2, -0.15) is 0 Å². The van der Waals surface area contributed by atoms with E-state index >= 15 is 0 Å². The number of hydrazine groups is 1.